The van der Waals surface area contributed by atoms with Crippen LogP contribution in [0.3, 0.4) is 0 Å². The second-order valence-corrected chi connectivity index (χ2v) is 7.42. The first kappa shape index (κ1) is 20.4. The van der Waals surface area contributed by atoms with Gasteiger partial charge >= 0.3 is 0 Å². The molecule has 1 N–H and O–H groups in total. The van der Waals surface area contributed by atoms with Crippen molar-refractivity contribution in [2.24, 2.45) is 0 Å². The quantitative estimate of drug-likeness (QED) is 0.585. The molecule has 4 atom stereocenters. The molecule has 0 bridgehead atoms. The Balaban J connectivity index is 1.56. The highest BCUT2D eigenvalue weighted by Gasteiger charge is 2.48. The molecule has 1 aromatic heterocycles. The maximum Gasteiger partial charge on any atom is 0.132 e. The van der Waals surface area contributed by atoms with Crippen molar-refractivity contribution in [3.05, 3.63) is 83.7 Å². The predicted molar refractivity (Wildman–Crippen MR) is 109 cm³/mol. The maximum absolute atomic E-state index is 11.9. The van der Waals surface area contributed by atoms with Crippen LogP contribution in [0, 0.1) is 0 Å². The van der Waals surface area contributed by atoms with Crippen LogP contribution >= 0.6 is 0 Å². The standard InChI is InChI=1S/C23H25N3O4/c1-16(27)12-20-22(28-14-17-8-4-2-5-9-17)23(21(30-20)19-13-24-26-25-19)29-15-18-10-6-3-7-11-18/h2-11,13,20-23H,12,14-15H2,1H3,(H,24,25,26)/t20-,21-,22+,23-/m1/s1. The first-order valence-corrected chi connectivity index (χ1v) is 10.0. The average molecular weight is 407 g/mol. The third-order valence-corrected chi connectivity index (χ3v) is 5.09. The molecule has 2 heterocycles. The van der Waals surface area contributed by atoms with Gasteiger partial charge in [0.15, 0.2) is 0 Å². The normalized spacial score (nSPS) is 23.5. The lowest BCUT2D eigenvalue weighted by Crippen LogP contribution is -2.36. The molecule has 0 spiro atoms. The van der Waals surface area contributed by atoms with Crippen molar-refractivity contribution in [2.45, 2.75) is 51.0 Å². The lowest BCUT2D eigenvalue weighted by molar-refractivity contribution is -0.122. The summed E-state index contributed by atoms with van der Waals surface area (Å²) < 4.78 is 18.8. The molecule has 1 saturated heterocycles. The zero-order valence-electron chi connectivity index (χ0n) is 16.8. The number of hydrogen-bond donors (Lipinski definition) is 1. The summed E-state index contributed by atoms with van der Waals surface area (Å²) in [5.41, 5.74) is 2.73. The Kier molecular flexibility index (Phi) is 6.63. The molecule has 0 aliphatic carbocycles. The van der Waals surface area contributed by atoms with Gasteiger partial charge in [0.25, 0.3) is 0 Å². The number of hydrogen-bond acceptors (Lipinski definition) is 6. The van der Waals surface area contributed by atoms with Crippen LogP contribution < -0.4 is 0 Å². The molecular formula is C23H25N3O4. The van der Waals surface area contributed by atoms with E-state index in [0.29, 0.717) is 18.9 Å². The molecule has 1 fully saturated rings. The molecule has 30 heavy (non-hydrogen) atoms. The Labute approximate surface area is 175 Å². The van der Waals surface area contributed by atoms with Crippen LogP contribution in [-0.2, 0) is 32.2 Å². The van der Waals surface area contributed by atoms with Crippen LogP contribution in [0.15, 0.2) is 66.9 Å². The molecule has 0 amide bonds. The van der Waals surface area contributed by atoms with Gasteiger partial charge in [-0.2, -0.15) is 15.4 Å². The molecule has 2 aromatic carbocycles. The number of H-pyrrole nitrogens is 1. The summed E-state index contributed by atoms with van der Waals surface area (Å²) in [7, 11) is 0. The smallest absolute Gasteiger partial charge is 0.132 e. The van der Waals surface area contributed by atoms with Crippen LogP contribution in [0.4, 0.5) is 0 Å². The van der Waals surface area contributed by atoms with Crippen LogP contribution in [-0.4, -0.2) is 39.5 Å². The minimum absolute atomic E-state index is 0.0379. The summed E-state index contributed by atoms with van der Waals surface area (Å²) in [6, 6.07) is 19.8. The van der Waals surface area contributed by atoms with Crippen molar-refractivity contribution in [3.8, 4) is 0 Å². The van der Waals surface area contributed by atoms with Gasteiger partial charge in [-0.05, 0) is 18.1 Å². The van der Waals surface area contributed by atoms with Crippen molar-refractivity contribution < 1.29 is 19.0 Å². The third kappa shape index (κ3) is 4.99. The van der Waals surface area contributed by atoms with E-state index in [0.717, 1.165) is 11.1 Å². The van der Waals surface area contributed by atoms with E-state index < -0.39 is 24.4 Å². The van der Waals surface area contributed by atoms with E-state index in [1.165, 1.54) is 0 Å². The molecule has 156 valence electrons. The zero-order chi connectivity index (χ0) is 20.8. The van der Waals surface area contributed by atoms with Crippen molar-refractivity contribution >= 4 is 5.78 Å². The van der Waals surface area contributed by atoms with Gasteiger partial charge in [0.1, 0.15) is 29.8 Å². The maximum atomic E-state index is 11.9. The Morgan fingerprint density at radius 1 is 0.967 bits per heavy atom. The van der Waals surface area contributed by atoms with Gasteiger partial charge in [-0.3, -0.25) is 4.79 Å². The Morgan fingerprint density at radius 2 is 1.57 bits per heavy atom. The zero-order valence-corrected chi connectivity index (χ0v) is 16.8. The Morgan fingerprint density at radius 3 is 2.10 bits per heavy atom. The van der Waals surface area contributed by atoms with E-state index in [1.54, 1.807) is 13.1 Å². The van der Waals surface area contributed by atoms with Gasteiger partial charge in [-0.25, -0.2) is 0 Å². The van der Waals surface area contributed by atoms with E-state index >= 15 is 0 Å². The van der Waals surface area contributed by atoms with Gasteiger partial charge in [-0.1, -0.05) is 60.7 Å². The summed E-state index contributed by atoms with van der Waals surface area (Å²) in [4.78, 5) is 11.9. The topological polar surface area (TPSA) is 86.3 Å². The number of ether oxygens (including phenoxy) is 3. The number of carbonyl (C=O) groups is 1. The van der Waals surface area contributed by atoms with Gasteiger partial charge < -0.3 is 14.2 Å². The molecule has 0 unspecified atom stereocenters. The third-order valence-electron chi connectivity index (χ3n) is 5.09. The summed E-state index contributed by atoms with van der Waals surface area (Å²) in [5.74, 6) is 0.0379. The van der Waals surface area contributed by atoms with Crippen LogP contribution in [0.2, 0.25) is 0 Å². The Hall–Kier alpha value is -2.87. The molecule has 1 aliphatic heterocycles. The van der Waals surface area contributed by atoms with Gasteiger partial charge in [0, 0.05) is 6.42 Å². The number of nitrogens with one attached hydrogen (secondary N) is 1. The van der Waals surface area contributed by atoms with Crippen molar-refractivity contribution in [3.63, 3.8) is 0 Å². The number of carbonyl (C=O) groups excluding carboxylic acids is 1. The van der Waals surface area contributed by atoms with E-state index in [4.69, 9.17) is 14.2 Å². The lowest BCUT2D eigenvalue weighted by atomic mass is 10.0. The number of aromatic amines is 1. The minimum atomic E-state index is -0.474. The second kappa shape index (κ2) is 9.75. The summed E-state index contributed by atoms with van der Waals surface area (Å²) >= 11 is 0. The van der Waals surface area contributed by atoms with Crippen molar-refractivity contribution in [1.82, 2.24) is 15.4 Å². The molecule has 4 rings (SSSR count). The van der Waals surface area contributed by atoms with Crippen LogP contribution in [0.5, 0.6) is 0 Å². The van der Waals surface area contributed by atoms with E-state index in [9.17, 15) is 4.79 Å². The number of aromatic nitrogens is 3. The molecule has 3 aromatic rings. The highest BCUT2D eigenvalue weighted by molar-refractivity contribution is 5.76. The Bertz CT molecular complexity index is 918. The fourth-order valence-electron chi connectivity index (χ4n) is 3.68. The van der Waals surface area contributed by atoms with Gasteiger partial charge in [-0.15, -0.1) is 0 Å². The molecule has 0 radical (unpaired) electrons. The van der Waals surface area contributed by atoms with Crippen LogP contribution in [0.25, 0.3) is 0 Å². The molecule has 1 aliphatic rings. The highest BCUT2D eigenvalue weighted by atomic mass is 16.6. The minimum Gasteiger partial charge on any atom is -0.368 e. The number of nitrogens with zero attached hydrogens (tertiary/aromatic N) is 2. The largest absolute Gasteiger partial charge is 0.368 e. The molecule has 0 saturated carbocycles. The average Bonchev–Trinajstić information content (AvgIpc) is 3.40. The fraction of sp³-hybridized carbons (Fsp3) is 0.348. The lowest BCUT2D eigenvalue weighted by Gasteiger charge is -2.24. The molecule has 7 nitrogen and oxygen atoms in total. The first-order valence-electron chi connectivity index (χ1n) is 10.0. The summed E-state index contributed by atoms with van der Waals surface area (Å²) in [5, 5.41) is 10.7. The van der Waals surface area contributed by atoms with E-state index in [-0.39, 0.29) is 12.2 Å². The van der Waals surface area contributed by atoms with Crippen LogP contribution in [0.1, 0.15) is 36.3 Å². The number of benzene rings is 2. The SMILES string of the molecule is CC(=O)C[C@H]1O[C@H](c2cn[nH]n2)[C@@H](OCc2ccccc2)[C@H]1OCc1ccccc1. The number of Topliss-reactive ketones (excluding diaryl/α,β-unsaturated/α-hetero) is 1. The summed E-state index contributed by atoms with van der Waals surface area (Å²) in [6.45, 7) is 2.36. The fourth-order valence-corrected chi connectivity index (χ4v) is 3.68. The predicted octanol–water partition coefficient (Wildman–Crippen LogP) is 3.39. The monoisotopic (exact) mass is 407 g/mol. The summed E-state index contributed by atoms with van der Waals surface area (Å²) in [6.07, 6.45) is 0.126. The van der Waals surface area contributed by atoms with Crippen molar-refractivity contribution in [2.75, 3.05) is 0 Å². The van der Waals surface area contributed by atoms with E-state index in [1.807, 2.05) is 60.7 Å². The first-order chi connectivity index (χ1) is 14.7. The van der Waals surface area contributed by atoms with Crippen molar-refractivity contribution in [1.29, 1.82) is 0 Å². The highest BCUT2D eigenvalue weighted by Crippen LogP contribution is 2.38. The molecular weight excluding hydrogens is 382 g/mol. The van der Waals surface area contributed by atoms with E-state index in [2.05, 4.69) is 15.4 Å². The van der Waals surface area contributed by atoms with Gasteiger partial charge in [0.2, 0.25) is 0 Å². The van der Waals surface area contributed by atoms with Gasteiger partial charge in [0.05, 0.1) is 25.5 Å². The second-order valence-electron chi connectivity index (χ2n) is 7.42. The number of ketones is 1. The number of rotatable bonds is 9. The molecule has 7 heteroatoms.